The molecule has 1 aromatic carbocycles. The SMILES string of the molecule is CCC1CN(CC(O)c2ccc(C)cc2)CCN1C. The molecule has 2 rings (SSSR count). The molecule has 1 N–H and O–H groups in total. The molecule has 0 saturated carbocycles. The van der Waals surface area contributed by atoms with Gasteiger partial charge in [0.15, 0.2) is 0 Å². The van der Waals surface area contributed by atoms with Crippen LogP contribution in [-0.2, 0) is 0 Å². The van der Waals surface area contributed by atoms with Crippen molar-refractivity contribution in [1.29, 1.82) is 0 Å². The Morgan fingerprint density at radius 2 is 1.95 bits per heavy atom. The summed E-state index contributed by atoms with van der Waals surface area (Å²) in [6, 6.07) is 8.83. The zero-order chi connectivity index (χ0) is 13.8. The van der Waals surface area contributed by atoms with Crippen LogP contribution in [0.4, 0.5) is 0 Å². The van der Waals surface area contributed by atoms with Gasteiger partial charge in [-0.2, -0.15) is 0 Å². The van der Waals surface area contributed by atoms with Crippen molar-refractivity contribution < 1.29 is 5.11 Å². The van der Waals surface area contributed by atoms with E-state index in [0.717, 1.165) is 31.7 Å². The van der Waals surface area contributed by atoms with Crippen LogP contribution in [0.15, 0.2) is 24.3 Å². The summed E-state index contributed by atoms with van der Waals surface area (Å²) in [7, 11) is 2.20. The number of hydrogen-bond donors (Lipinski definition) is 1. The van der Waals surface area contributed by atoms with Gasteiger partial charge in [-0.15, -0.1) is 0 Å². The molecule has 1 aromatic rings. The molecule has 1 fully saturated rings. The van der Waals surface area contributed by atoms with Crippen molar-refractivity contribution in [2.75, 3.05) is 33.2 Å². The predicted molar refractivity (Wildman–Crippen MR) is 79.3 cm³/mol. The van der Waals surface area contributed by atoms with E-state index < -0.39 is 0 Å². The monoisotopic (exact) mass is 262 g/mol. The molecule has 3 nitrogen and oxygen atoms in total. The highest BCUT2D eigenvalue weighted by atomic mass is 16.3. The molecule has 2 atom stereocenters. The number of piperazine rings is 1. The predicted octanol–water partition coefficient (Wildman–Crippen LogP) is 2.05. The number of aliphatic hydroxyl groups excluding tert-OH is 1. The standard InChI is InChI=1S/C16H26N2O/c1-4-15-11-18(10-9-17(15)3)12-16(19)14-7-5-13(2)6-8-14/h5-8,15-16,19H,4,9-12H2,1-3H3. The smallest absolute Gasteiger partial charge is 0.0916 e. The van der Waals surface area contributed by atoms with Gasteiger partial charge in [-0.05, 0) is 26.0 Å². The average molecular weight is 262 g/mol. The fourth-order valence-corrected chi connectivity index (χ4v) is 2.76. The number of rotatable bonds is 4. The van der Waals surface area contributed by atoms with Crippen LogP contribution in [0.25, 0.3) is 0 Å². The second-order valence-corrected chi connectivity index (χ2v) is 5.73. The van der Waals surface area contributed by atoms with Gasteiger partial charge in [0, 0.05) is 32.2 Å². The first-order valence-corrected chi connectivity index (χ1v) is 7.27. The molecule has 1 aliphatic rings. The lowest BCUT2D eigenvalue weighted by Crippen LogP contribution is -2.51. The summed E-state index contributed by atoms with van der Waals surface area (Å²) in [6.45, 7) is 8.27. The lowest BCUT2D eigenvalue weighted by molar-refractivity contribution is 0.0502. The number of nitrogens with zero attached hydrogens (tertiary/aromatic N) is 2. The van der Waals surface area contributed by atoms with Crippen molar-refractivity contribution in [3.63, 3.8) is 0 Å². The molecule has 0 aliphatic carbocycles. The van der Waals surface area contributed by atoms with Crippen LogP contribution in [0.2, 0.25) is 0 Å². The van der Waals surface area contributed by atoms with E-state index >= 15 is 0 Å². The summed E-state index contributed by atoms with van der Waals surface area (Å²) in [5.41, 5.74) is 2.26. The molecule has 0 amide bonds. The van der Waals surface area contributed by atoms with E-state index in [9.17, 15) is 5.11 Å². The van der Waals surface area contributed by atoms with Gasteiger partial charge in [0.05, 0.1) is 6.10 Å². The van der Waals surface area contributed by atoms with Crippen molar-refractivity contribution in [2.45, 2.75) is 32.4 Å². The minimum atomic E-state index is -0.374. The van der Waals surface area contributed by atoms with Crippen LogP contribution in [0, 0.1) is 6.92 Å². The summed E-state index contributed by atoms with van der Waals surface area (Å²) in [4.78, 5) is 4.81. The van der Waals surface area contributed by atoms with E-state index in [2.05, 4.69) is 42.8 Å². The molecule has 1 aliphatic heterocycles. The van der Waals surface area contributed by atoms with Crippen molar-refractivity contribution in [3.05, 3.63) is 35.4 Å². The molecule has 1 saturated heterocycles. The Hall–Kier alpha value is -0.900. The molecule has 0 bridgehead atoms. The third-order valence-corrected chi connectivity index (χ3v) is 4.23. The zero-order valence-corrected chi connectivity index (χ0v) is 12.3. The molecule has 1 heterocycles. The molecule has 0 spiro atoms. The van der Waals surface area contributed by atoms with Crippen LogP contribution >= 0.6 is 0 Å². The fourth-order valence-electron chi connectivity index (χ4n) is 2.76. The Kier molecular flexibility index (Phi) is 4.97. The Morgan fingerprint density at radius 3 is 2.58 bits per heavy atom. The highest BCUT2D eigenvalue weighted by Crippen LogP contribution is 2.18. The van der Waals surface area contributed by atoms with E-state index in [4.69, 9.17) is 0 Å². The van der Waals surface area contributed by atoms with E-state index in [-0.39, 0.29) is 6.10 Å². The number of hydrogen-bond acceptors (Lipinski definition) is 3. The summed E-state index contributed by atoms with van der Waals surface area (Å²) in [6.07, 6.45) is 0.801. The Morgan fingerprint density at radius 1 is 1.26 bits per heavy atom. The fraction of sp³-hybridized carbons (Fsp3) is 0.625. The van der Waals surface area contributed by atoms with Crippen molar-refractivity contribution in [3.8, 4) is 0 Å². The Labute approximate surface area is 116 Å². The molecular formula is C16H26N2O. The van der Waals surface area contributed by atoms with Gasteiger partial charge >= 0.3 is 0 Å². The highest BCUT2D eigenvalue weighted by Gasteiger charge is 2.24. The number of benzene rings is 1. The number of likely N-dealkylation sites (N-methyl/N-ethyl adjacent to an activating group) is 1. The van der Waals surface area contributed by atoms with Gasteiger partial charge in [-0.1, -0.05) is 36.8 Å². The van der Waals surface area contributed by atoms with Gasteiger partial charge in [0.1, 0.15) is 0 Å². The lowest BCUT2D eigenvalue weighted by atomic mass is 10.1. The quantitative estimate of drug-likeness (QED) is 0.899. The minimum absolute atomic E-state index is 0.374. The van der Waals surface area contributed by atoms with E-state index in [0.29, 0.717) is 6.04 Å². The Balaban J connectivity index is 1.92. The van der Waals surface area contributed by atoms with Gasteiger partial charge in [-0.3, -0.25) is 4.90 Å². The topological polar surface area (TPSA) is 26.7 Å². The maximum atomic E-state index is 10.3. The third-order valence-electron chi connectivity index (χ3n) is 4.23. The average Bonchev–Trinajstić information content (AvgIpc) is 2.41. The van der Waals surface area contributed by atoms with Crippen LogP contribution in [0.3, 0.4) is 0 Å². The van der Waals surface area contributed by atoms with Crippen molar-refractivity contribution in [1.82, 2.24) is 9.80 Å². The van der Waals surface area contributed by atoms with Crippen LogP contribution in [-0.4, -0.2) is 54.2 Å². The normalized spacial score (nSPS) is 23.5. The first-order valence-electron chi connectivity index (χ1n) is 7.27. The highest BCUT2D eigenvalue weighted by molar-refractivity contribution is 5.23. The molecule has 3 heteroatoms. The van der Waals surface area contributed by atoms with Crippen LogP contribution < -0.4 is 0 Å². The maximum Gasteiger partial charge on any atom is 0.0916 e. The lowest BCUT2D eigenvalue weighted by Gasteiger charge is -2.39. The van der Waals surface area contributed by atoms with Crippen LogP contribution in [0.1, 0.15) is 30.6 Å². The first kappa shape index (κ1) is 14.5. The van der Waals surface area contributed by atoms with Crippen molar-refractivity contribution in [2.24, 2.45) is 0 Å². The molecule has 0 aromatic heterocycles. The van der Waals surface area contributed by atoms with Crippen LogP contribution in [0.5, 0.6) is 0 Å². The van der Waals surface area contributed by atoms with Crippen molar-refractivity contribution >= 4 is 0 Å². The molecule has 0 radical (unpaired) electrons. The first-order chi connectivity index (χ1) is 9.10. The number of β-amino-alcohol motifs (C(OH)–C–C–N with tert-alkyl or cyclic N) is 1. The molecular weight excluding hydrogens is 236 g/mol. The summed E-state index contributed by atoms with van der Waals surface area (Å²) < 4.78 is 0. The minimum Gasteiger partial charge on any atom is -0.387 e. The summed E-state index contributed by atoms with van der Waals surface area (Å²) in [5, 5.41) is 10.3. The molecule has 2 unspecified atom stereocenters. The zero-order valence-electron chi connectivity index (χ0n) is 12.3. The molecule has 19 heavy (non-hydrogen) atoms. The number of aryl methyl sites for hydroxylation is 1. The maximum absolute atomic E-state index is 10.3. The largest absolute Gasteiger partial charge is 0.387 e. The van der Waals surface area contributed by atoms with Gasteiger partial charge in [0.2, 0.25) is 0 Å². The molecule has 106 valence electrons. The number of aliphatic hydroxyl groups is 1. The second-order valence-electron chi connectivity index (χ2n) is 5.73. The summed E-state index contributed by atoms with van der Waals surface area (Å²) in [5.74, 6) is 0. The van der Waals surface area contributed by atoms with E-state index in [1.165, 1.54) is 12.0 Å². The third kappa shape index (κ3) is 3.78. The summed E-state index contributed by atoms with van der Waals surface area (Å²) >= 11 is 0. The van der Waals surface area contributed by atoms with Gasteiger partial charge in [0.25, 0.3) is 0 Å². The van der Waals surface area contributed by atoms with E-state index in [1.54, 1.807) is 0 Å². The Bertz CT molecular complexity index is 390. The van der Waals surface area contributed by atoms with E-state index in [1.807, 2.05) is 12.1 Å². The van der Waals surface area contributed by atoms with Gasteiger partial charge < -0.3 is 10.0 Å². The second kappa shape index (κ2) is 6.51. The van der Waals surface area contributed by atoms with Gasteiger partial charge in [-0.25, -0.2) is 0 Å².